The molecule has 0 bridgehead atoms. The Bertz CT molecular complexity index is 1480. The third kappa shape index (κ3) is 6.20. The van der Waals surface area contributed by atoms with Crippen LogP contribution in [0.5, 0.6) is 0 Å². The van der Waals surface area contributed by atoms with Crippen LogP contribution >= 0.6 is 0 Å². The summed E-state index contributed by atoms with van der Waals surface area (Å²) in [4.78, 5) is 30.0. The van der Waals surface area contributed by atoms with E-state index in [1.165, 1.54) is 12.1 Å². The number of non-ortho nitro benzene ring substituents is 1. The quantitative estimate of drug-likeness (QED) is 0.183. The number of hydrogen-bond acceptors (Lipinski definition) is 5. The maximum absolute atomic E-state index is 12.8. The number of ether oxygens (including phenoxy) is 1. The molecule has 0 aromatic heterocycles. The number of carbonyl (C=O) groups is 1. The summed E-state index contributed by atoms with van der Waals surface area (Å²) in [6.45, 7) is 6.34. The predicted molar refractivity (Wildman–Crippen MR) is 159 cm³/mol. The van der Waals surface area contributed by atoms with Gasteiger partial charge in [0.1, 0.15) is 5.60 Å². The van der Waals surface area contributed by atoms with E-state index in [0.29, 0.717) is 13.0 Å². The molecule has 0 N–H and O–H groups in total. The van der Waals surface area contributed by atoms with Gasteiger partial charge in [-0.2, -0.15) is 0 Å². The molecule has 1 amide bonds. The van der Waals surface area contributed by atoms with Crippen LogP contribution in [-0.4, -0.2) is 39.8 Å². The molecule has 7 nitrogen and oxygen atoms in total. The highest BCUT2D eigenvalue weighted by Gasteiger charge is 2.36. The van der Waals surface area contributed by atoms with Crippen LogP contribution in [-0.2, 0) is 4.74 Å². The van der Waals surface area contributed by atoms with E-state index in [1.54, 1.807) is 12.1 Å². The number of amides is 1. The monoisotopic (exact) mass is 535 g/mol. The molecule has 2 aliphatic rings. The second-order valence-corrected chi connectivity index (χ2v) is 11.1. The number of rotatable bonds is 6. The second-order valence-electron chi connectivity index (χ2n) is 11.1. The maximum Gasteiger partial charge on any atom is 0.410 e. The fourth-order valence-electron chi connectivity index (χ4n) is 5.15. The van der Waals surface area contributed by atoms with Gasteiger partial charge >= 0.3 is 6.09 Å². The van der Waals surface area contributed by atoms with E-state index in [9.17, 15) is 14.9 Å². The van der Waals surface area contributed by atoms with E-state index in [0.717, 1.165) is 52.0 Å². The average Bonchev–Trinajstić information content (AvgIpc) is 3.62. The first kappa shape index (κ1) is 27.1. The van der Waals surface area contributed by atoms with Gasteiger partial charge in [-0.05, 0) is 85.2 Å². The minimum atomic E-state index is -0.529. The second kappa shape index (κ2) is 11.3. The average molecular weight is 536 g/mol. The number of allylic oxidation sites excluding steroid dienone is 1. The number of nitro benzene ring substituents is 1. The molecule has 3 aromatic carbocycles. The van der Waals surface area contributed by atoms with Crippen molar-refractivity contribution in [3.8, 4) is 0 Å². The van der Waals surface area contributed by atoms with Crippen LogP contribution in [0, 0.1) is 10.1 Å². The number of carbonyl (C=O) groups excluding carboxylic acids is 1. The molecule has 2 aliphatic heterocycles. The van der Waals surface area contributed by atoms with Crippen LogP contribution in [0.25, 0.3) is 17.2 Å². The SMILES string of the molecule is CC(C)(C)OC(=O)N1CCC[C@H]1C1=NC=C(c2ccc(C(=Cc3ccc([N+](=O)[O-])cc3)c3ccccc3)cc2)C1. The molecule has 0 unspecified atom stereocenters. The normalized spacial score (nSPS) is 17.4. The summed E-state index contributed by atoms with van der Waals surface area (Å²) in [5, 5.41) is 11.1. The summed E-state index contributed by atoms with van der Waals surface area (Å²) in [7, 11) is 0. The van der Waals surface area contributed by atoms with Crippen LogP contribution in [0.1, 0.15) is 62.3 Å². The highest BCUT2D eigenvalue weighted by molar-refractivity contribution is 6.03. The van der Waals surface area contributed by atoms with Crippen LogP contribution < -0.4 is 0 Å². The van der Waals surface area contributed by atoms with Gasteiger partial charge in [0, 0.05) is 37.0 Å². The lowest BCUT2D eigenvalue weighted by molar-refractivity contribution is -0.384. The minimum absolute atomic E-state index is 0.0304. The van der Waals surface area contributed by atoms with Gasteiger partial charge in [-0.25, -0.2) is 4.79 Å². The Morgan fingerprint density at radius 3 is 2.33 bits per heavy atom. The number of likely N-dealkylation sites (tertiary alicyclic amines) is 1. The Hall–Kier alpha value is -4.52. The minimum Gasteiger partial charge on any atom is -0.444 e. The van der Waals surface area contributed by atoms with Crippen molar-refractivity contribution in [1.82, 2.24) is 4.90 Å². The highest BCUT2D eigenvalue weighted by Crippen LogP contribution is 2.33. The molecule has 40 heavy (non-hydrogen) atoms. The van der Waals surface area contributed by atoms with Gasteiger partial charge < -0.3 is 4.74 Å². The molecular formula is C33H33N3O4. The molecular weight excluding hydrogens is 502 g/mol. The molecule has 0 spiro atoms. The van der Waals surface area contributed by atoms with E-state index >= 15 is 0 Å². The van der Waals surface area contributed by atoms with Crippen LogP contribution in [0.2, 0.25) is 0 Å². The highest BCUT2D eigenvalue weighted by atomic mass is 16.6. The number of aliphatic imine (C=N–C) groups is 1. The van der Waals surface area contributed by atoms with Gasteiger partial charge in [-0.1, -0.05) is 54.6 Å². The summed E-state index contributed by atoms with van der Waals surface area (Å²) in [6, 6.07) is 25.0. The fraction of sp³-hybridized carbons (Fsp3) is 0.273. The van der Waals surface area contributed by atoms with Crippen molar-refractivity contribution in [2.45, 2.75) is 51.7 Å². The fourth-order valence-corrected chi connectivity index (χ4v) is 5.15. The lowest BCUT2D eigenvalue weighted by atomic mass is 9.93. The summed E-state index contributed by atoms with van der Waals surface area (Å²) in [6.07, 6.45) is 6.23. The van der Waals surface area contributed by atoms with Crippen molar-refractivity contribution in [2.75, 3.05) is 6.54 Å². The molecule has 3 aromatic rings. The number of hydrogen-bond donors (Lipinski definition) is 0. The van der Waals surface area contributed by atoms with Crippen molar-refractivity contribution in [2.24, 2.45) is 4.99 Å². The van der Waals surface area contributed by atoms with Crippen LogP contribution in [0.4, 0.5) is 10.5 Å². The van der Waals surface area contributed by atoms with Crippen LogP contribution in [0.3, 0.4) is 0 Å². The zero-order valence-corrected chi connectivity index (χ0v) is 23.0. The first-order chi connectivity index (χ1) is 19.2. The molecule has 1 fully saturated rings. The Labute approximate surface area is 234 Å². The van der Waals surface area contributed by atoms with Gasteiger partial charge in [0.05, 0.1) is 11.0 Å². The Morgan fingerprint density at radius 2 is 1.68 bits per heavy atom. The van der Waals surface area contributed by atoms with Gasteiger partial charge in [-0.3, -0.25) is 20.0 Å². The first-order valence-electron chi connectivity index (χ1n) is 13.6. The zero-order valence-electron chi connectivity index (χ0n) is 23.0. The molecule has 1 atom stereocenters. The lowest BCUT2D eigenvalue weighted by Crippen LogP contribution is -2.43. The van der Waals surface area contributed by atoms with Crippen molar-refractivity contribution in [1.29, 1.82) is 0 Å². The summed E-state index contributed by atoms with van der Waals surface area (Å²) in [5.41, 5.74) is 6.77. The van der Waals surface area contributed by atoms with Crippen molar-refractivity contribution >= 4 is 34.7 Å². The Morgan fingerprint density at radius 1 is 1.00 bits per heavy atom. The van der Waals surface area contributed by atoms with E-state index in [2.05, 4.69) is 42.5 Å². The summed E-state index contributed by atoms with van der Waals surface area (Å²) < 4.78 is 5.63. The lowest BCUT2D eigenvalue weighted by Gasteiger charge is -2.28. The standard InChI is InChI=1S/C33H33N3O4/c1-33(2,3)40-32(37)35-19-7-10-31(35)30-21-27(22-34-30)24-13-15-26(16-14-24)29(25-8-5-4-6-9-25)20-23-11-17-28(18-12-23)36(38)39/h4-6,8-9,11-18,20,22,31H,7,10,19,21H2,1-3H3/t31-/m0/s1. The largest absolute Gasteiger partial charge is 0.444 e. The third-order valence-corrected chi connectivity index (χ3v) is 7.09. The third-order valence-electron chi connectivity index (χ3n) is 7.09. The molecule has 0 radical (unpaired) electrons. The maximum atomic E-state index is 12.8. The molecule has 7 heteroatoms. The molecule has 204 valence electrons. The number of benzene rings is 3. The van der Waals surface area contributed by atoms with Gasteiger partial charge in [0.25, 0.3) is 5.69 Å². The Balaban J connectivity index is 1.33. The van der Waals surface area contributed by atoms with E-state index in [1.807, 2.05) is 50.1 Å². The zero-order chi connectivity index (χ0) is 28.3. The molecule has 5 rings (SSSR count). The van der Waals surface area contributed by atoms with Crippen molar-refractivity contribution < 1.29 is 14.5 Å². The summed E-state index contributed by atoms with van der Waals surface area (Å²) >= 11 is 0. The number of nitrogens with zero attached hydrogens (tertiary/aromatic N) is 3. The molecule has 0 aliphatic carbocycles. The molecule has 0 saturated carbocycles. The van der Waals surface area contributed by atoms with Crippen molar-refractivity contribution in [3.05, 3.63) is 117 Å². The van der Waals surface area contributed by atoms with Crippen LogP contribution in [0.15, 0.2) is 90.1 Å². The summed E-state index contributed by atoms with van der Waals surface area (Å²) in [5.74, 6) is 0. The predicted octanol–water partition coefficient (Wildman–Crippen LogP) is 7.77. The first-order valence-corrected chi connectivity index (χ1v) is 13.6. The number of nitro groups is 1. The topological polar surface area (TPSA) is 85.0 Å². The van der Waals surface area contributed by atoms with Gasteiger partial charge in [0.15, 0.2) is 0 Å². The van der Waals surface area contributed by atoms with E-state index in [-0.39, 0.29) is 22.7 Å². The van der Waals surface area contributed by atoms with E-state index < -0.39 is 5.60 Å². The smallest absolute Gasteiger partial charge is 0.410 e. The van der Waals surface area contributed by atoms with Gasteiger partial charge in [0.2, 0.25) is 0 Å². The Kier molecular flexibility index (Phi) is 7.65. The molecule has 2 heterocycles. The van der Waals surface area contributed by atoms with Gasteiger partial charge in [-0.15, -0.1) is 0 Å². The van der Waals surface area contributed by atoms with Crippen molar-refractivity contribution in [3.63, 3.8) is 0 Å². The van der Waals surface area contributed by atoms with E-state index in [4.69, 9.17) is 9.73 Å². The molecule has 1 saturated heterocycles.